The number of hydrogen-bond acceptors (Lipinski definition) is 4. The Morgan fingerprint density at radius 2 is 1.67 bits per heavy atom. The zero-order valence-corrected chi connectivity index (χ0v) is 16.9. The van der Waals surface area contributed by atoms with E-state index in [1.807, 2.05) is 42.5 Å². The lowest BCUT2D eigenvalue weighted by molar-refractivity contribution is -0.141. The molecule has 5 nitrogen and oxygen atoms in total. The van der Waals surface area contributed by atoms with Gasteiger partial charge in [-0.2, -0.15) is 4.99 Å². The maximum atomic E-state index is 14.4. The van der Waals surface area contributed by atoms with E-state index in [4.69, 9.17) is 4.74 Å². The molecule has 1 amide bonds. The summed E-state index contributed by atoms with van der Waals surface area (Å²) in [7, 11) is 1.25. The van der Waals surface area contributed by atoms with Gasteiger partial charge in [-0.1, -0.05) is 59.9 Å². The van der Waals surface area contributed by atoms with E-state index in [1.165, 1.54) is 17.7 Å². The topological polar surface area (TPSA) is 60.7 Å². The summed E-state index contributed by atoms with van der Waals surface area (Å²) in [5.74, 6) is -1.52. The fourth-order valence-corrected chi connectivity index (χ4v) is 4.14. The predicted molar refractivity (Wildman–Crippen MR) is 114 cm³/mol. The van der Waals surface area contributed by atoms with Crippen LogP contribution in [-0.2, 0) is 16.1 Å². The number of rotatable bonds is 4. The van der Waals surface area contributed by atoms with Gasteiger partial charge in [0.2, 0.25) is 0 Å². The number of fused-ring (bicyclic) bond motifs is 1. The first kappa shape index (κ1) is 19.7. The average molecular weight is 420 g/mol. The molecule has 1 aromatic heterocycles. The highest BCUT2D eigenvalue weighted by molar-refractivity contribution is 7.16. The highest BCUT2D eigenvalue weighted by Gasteiger charge is 2.15. The van der Waals surface area contributed by atoms with E-state index in [-0.39, 0.29) is 16.9 Å². The lowest BCUT2D eigenvalue weighted by Crippen LogP contribution is -2.22. The van der Waals surface area contributed by atoms with Gasteiger partial charge in [0.05, 0.1) is 17.3 Å². The van der Waals surface area contributed by atoms with Gasteiger partial charge < -0.3 is 9.30 Å². The number of esters is 1. The van der Waals surface area contributed by atoms with E-state index in [9.17, 15) is 14.0 Å². The van der Waals surface area contributed by atoms with Crippen LogP contribution in [-0.4, -0.2) is 23.6 Å². The van der Waals surface area contributed by atoms with Crippen LogP contribution in [0.1, 0.15) is 10.4 Å². The number of benzene rings is 3. The maximum absolute atomic E-state index is 14.4. The highest BCUT2D eigenvalue weighted by Crippen LogP contribution is 2.21. The third kappa shape index (κ3) is 3.92. The zero-order valence-electron chi connectivity index (χ0n) is 16.0. The quantitative estimate of drug-likeness (QED) is 0.459. The van der Waals surface area contributed by atoms with E-state index < -0.39 is 17.7 Å². The fraction of sp³-hybridized carbons (Fsp3) is 0.0870. The number of thiazole rings is 1. The van der Waals surface area contributed by atoms with Crippen molar-refractivity contribution in [2.45, 2.75) is 6.54 Å². The van der Waals surface area contributed by atoms with Crippen molar-refractivity contribution in [1.82, 2.24) is 4.57 Å². The van der Waals surface area contributed by atoms with Crippen LogP contribution in [0.3, 0.4) is 0 Å². The number of aromatic nitrogens is 1. The van der Waals surface area contributed by atoms with Crippen LogP contribution in [0, 0.1) is 5.82 Å². The first-order valence-corrected chi connectivity index (χ1v) is 9.97. The Hall–Kier alpha value is -3.58. The van der Waals surface area contributed by atoms with Crippen LogP contribution in [0.5, 0.6) is 0 Å². The van der Waals surface area contributed by atoms with E-state index in [0.29, 0.717) is 10.3 Å². The molecule has 0 aliphatic rings. The lowest BCUT2D eigenvalue weighted by atomic mass is 10.0. The minimum absolute atomic E-state index is 0.221. The normalized spacial score (nSPS) is 11.6. The van der Waals surface area contributed by atoms with Crippen LogP contribution in [0.25, 0.3) is 21.3 Å². The molecule has 0 saturated carbocycles. The van der Waals surface area contributed by atoms with E-state index >= 15 is 0 Å². The summed E-state index contributed by atoms with van der Waals surface area (Å²) in [5, 5.41) is 0. The smallest absolute Gasteiger partial charge is 0.325 e. The first-order chi connectivity index (χ1) is 14.6. The van der Waals surface area contributed by atoms with Gasteiger partial charge in [-0.25, -0.2) is 4.39 Å². The van der Waals surface area contributed by atoms with Crippen LogP contribution in [0.4, 0.5) is 4.39 Å². The number of nitrogens with zero attached hydrogens (tertiary/aromatic N) is 2. The van der Waals surface area contributed by atoms with Gasteiger partial charge in [-0.05, 0) is 35.4 Å². The molecule has 0 atom stereocenters. The number of carbonyl (C=O) groups excluding carboxylic acids is 2. The zero-order chi connectivity index (χ0) is 21.1. The monoisotopic (exact) mass is 420 g/mol. The SMILES string of the molecule is COC(=O)Cn1c(=NC(=O)c2ccc(-c3ccccc3)cc2)sc2cccc(F)c21. The molecule has 0 unspecified atom stereocenters. The minimum atomic E-state index is -0.556. The molecule has 0 saturated heterocycles. The Balaban J connectivity index is 1.73. The molecule has 30 heavy (non-hydrogen) atoms. The van der Waals surface area contributed by atoms with Crippen LogP contribution in [0.2, 0.25) is 0 Å². The summed E-state index contributed by atoms with van der Waals surface area (Å²) < 4.78 is 21.1. The number of methoxy groups -OCH3 is 1. The Bertz CT molecular complexity index is 1290. The van der Waals surface area contributed by atoms with Gasteiger partial charge in [0.1, 0.15) is 12.4 Å². The van der Waals surface area contributed by atoms with Gasteiger partial charge in [0.15, 0.2) is 4.80 Å². The van der Waals surface area contributed by atoms with Gasteiger partial charge in [0, 0.05) is 5.56 Å². The molecule has 0 spiro atoms. The molecule has 0 N–H and O–H groups in total. The minimum Gasteiger partial charge on any atom is -0.468 e. The second-order valence-electron chi connectivity index (χ2n) is 6.49. The highest BCUT2D eigenvalue weighted by atomic mass is 32.1. The molecule has 0 bridgehead atoms. The largest absolute Gasteiger partial charge is 0.468 e. The van der Waals surface area contributed by atoms with Crippen molar-refractivity contribution in [3.05, 3.63) is 89.0 Å². The molecule has 4 aromatic rings. The summed E-state index contributed by atoms with van der Waals surface area (Å²) in [6, 6.07) is 21.5. The Morgan fingerprint density at radius 1 is 0.967 bits per heavy atom. The molecule has 4 rings (SSSR count). The number of hydrogen-bond donors (Lipinski definition) is 0. The Morgan fingerprint density at radius 3 is 2.37 bits per heavy atom. The molecule has 0 fully saturated rings. The molecule has 7 heteroatoms. The van der Waals surface area contributed by atoms with E-state index in [1.54, 1.807) is 24.3 Å². The number of ether oxygens (including phenoxy) is 1. The van der Waals surface area contributed by atoms with E-state index in [0.717, 1.165) is 22.5 Å². The molecule has 1 heterocycles. The Labute approximate surface area is 175 Å². The molecule has 3 aromatic carbocycles. The van der Waals surface area contributed by atoms with Crippen molar-refractivity contribution in [3.8, 4) is 11.1 Å². The molecular formula is C23H17FN2O3S. The average Bonchev–Trinajstić information content (AvgIpc) is 3.12. The first-order valence-electron chi connectivity index (χ1n) is 9.16. The summed E-state index contributed by atoms with van der Waals surface area (Å²) >= 11 is 1.14. The van der Waals surface area contributed by atoms with Crippen molar-refractivity contribution in [1.29, 1.82) is 0 Å². The molecule has 150 valence electrons. The summed E-state index contributed by atoms with van der Waals surface area (Å²) in [4.78, 5) is 29.0. The van der Waals surface area contributed by atoms with Crippen molar-refractivity contribution in [2.75, 3.05) is 7.11 Å². The van der Waals surface area contributed by atoms with Gasteiger partial charge >= 0.3 is 5.97 Å². The molecular weight excluding hydrogens is 403 g/mol. The predicted octanol–water partition coefficient (Wildman–Crippen LogP) is 4.42. The van der Waals surface area contributed by atoms with Gasteiger partial charge in [0.25, 0.3) is 5.91 Å². The van der Waals surface area contributed by atoms with Crippen LogP contribution >= 0.6 is 11.3 Å². The molecule has 0 aliphatic heterocycles. The molecule has 0 aliphatic carbocycles. The number of amides is 1. The van der Waals surface area contributed by atoms with Gasteiger partial charge in [-0.15, -0.1) is 0 Å². The van der Waals surface area contributed by atoms with Crippen molar-refractivity contribution >= 4 is 33.4 Å². The summed E-state index contributed by atoms with van der Waals surface area (Å²) in [6.45, 7) is -0.240. The van der Waals surface area contributed by atoms with E-state index in [2.05, 4.69) is 4.99 Å². The van der Waals surface area contributed by atoms with Crippen LogP contribution < -0.4 is 4.80 Å². The number of carbonyl (C=O) groups is 2. The van der Waals surface area contributed by atoms with Gasteiger partial charge in [-0.3, -0.25) is 9.59 Å². The van der Waals surface area contributed by atoms with Crippen molar-refractivity contribution in [3.63, 3.8) is 0 Å². The lowest BCUT2D eigenvalue weighted by Gasteiger charge is -2.04. The van der Waals surface area contributed by atoms with Crippen molar-refractivity contribution < 1.29 is 18.7 Å². The van der Waals surface area contributed by atoms with Crippen LogP contribution in [0.15, 0.2) is 77.8 Å². The second-order valence-corrected chi connectivity index (χ2v) is 7.50. The number of para-hydroxylation sites is 1. The second kappa shape index (κ2) is 8.42. The number of halogens is 1. The van der Waals surface area contributed by atoms with Crippen molar-refractivity contribution in [2.24, 2.45) is 4.99 Å². The molecule has 0 radical (unpaired) electrons. The third-order valence-electron chi connectivity index (χ3n) is 4.60. The summed E-state index contributed by atoms with van der Waals surface area (Å²) in [6.07, 6.45) is 0. The maximum Gasteiger partial charge on any atom is 0.325 e. The fourth-order valence-electron chi connectivity index (χ4n) is 3.10. The summed E-state index contributed by atoms with van der Waals surface area (Å²) in [5.41, 5.74) is 2.65. The standard InChI is InChI=1S/C23H17FN2O3S/c1-29-20(27)14-26-21-18(24)8-5-9-19(21)30-23(26)25-22(28)17-12-10-16(11-13-17)15-6-3-2-4-7-15/h2-13H,14H2,1H3. The third-order valence-corrected chi connectivity index (χ3v) is 5.65. The Kier molecular flexibility index (Phi) is 5.54.